The maximum atomic E-state index is 6.04. The van der Waals surface area contributed by atoms with Crippen LogP contribution < -0.4 is 11.1 Å². The van der Waals surface area contributed by atoms with Gasteiger partial charge < -0.3 is 11.1 Å². The van der Waals surface area contributed by atoms with Crippen molar-refractivity contribution < 1.29 is 0 Å². The predicted molar refractivity (Wildman–Crippen MR) is 72.4 cm³/mol. The molecule has 0 saturated heterocycles. The summed E-state index contributed by atoms with van der Waals surface area (Å²) in [5.74, 6) is 0.899. The molecule has 0 aliphatic carbocycles. The Morgan fingerprint density at radius 2 is 2.17 bits per heavy atom. The van der Waals surface area contributed by atoms with Crippen molar-refractivity contribution in [1.29, 1.82) is 0 Å². The summed E-state index contributed by atoms with van der Waals surface area (Å²) in [6.07, 6.45) is 5.67. The number of nitrogen functional groups attached to an aromatic ring is 1. The lowest BCUT2D eigenvalue weighted by Gasteiger charge is -2.06. The normalized spacial score (nSPS) is 10.8. The molecule has 0 bridgehead atoms. The molecule has 0 saturated carbocycles. The summed E-state index contributed by atoms with van der Waals surface area (Å²) in [4.78, 5) is 0. The maximum Gasteiger partial charge on any atom is 0.147 e. The summed E-state index contributed by atoms with van der Waals surface area (Å²) in [5.41, 5.74) is 8.95. The zero-order valence-electron chi connectivity index (χ0n) is 11.1. The molecule has 0 radical (unpaired) electrons. The van der Waals surface area contributed by atoms with Crippen molar-refractivity contribution in [3.05, 3.63) is 23.7 Å². The molecule has 6 heteroatoms. The monoisotopic (exact) mass is 248 g/mol. The molecule has 0 aliphatic rings. The minimum atomic E-state index is 0.756. The van der Waals surface area contributed by atoms with Crippen LogP contribution in [-0.4, -0.2) is 26.1 Å². The van der Waals surface area contributed by atoms with E-state index >= 15 is 0 Å². The molecule has 0 atom stereocenters. The molecule has 0 unspecified atom stereocenters. The summed E-state index contributed by atoms with van der Waals surface area (Å²) >= 11 is 0. The zero-order chi connectivity index (χ0) is 13.1. The average molecular weight is 248 g/mol. The molecule has 98 valence electrons. The van der Waals surface area contributed by atoms with E-state index in [1.54, 1.807) is 4.68 Å². The van der Waals surface area contributed by atoms with Crippen molar-refractivity contribution >= 4 is 11.5 Å². The van der Waals surface area contributed by atoms with Gasteiger partial charge in [-0.2, -0.15) is 10.2 Å². The fourth-order valence-corrected chi connectivity index (χ4v) is 1.99. The van der Waals surface area contributed by atoms with Crippen LogP contribution in [0.15, 0.2) is 12.4 Å². The van der Waals surface area contributed by atoms with Crippen molar-refractivity contribution in [2.45, 2.75) is 19.8 Å². The second kappa shape index (κ2) is 5.12. The Morgan fingerprint density at radius 1 is 1.39 bits per heavy atom. The van der Waals surface area contributed by atoms with Crippen LogP contribution in [0, 0.1) is 0 Å². The Labute approximate surface area is 107 Å². The van der Waals surface area contributed by atoms with E-state index in [2.05, 4.69) is 22.4 Å². The topological polar surface area (TPSA) is 73.7 Å². The minimum absolute atomic E-state index is 0.756. The second-order valence-electron chi connectivity index (χ2n) is 4.39. The number of aryl methyl sites for hydroxylation is 3. The lowest BCUT2D eigenvalue weighted by molar-refractivity contribution is 0.747. The van der Waals surface area contributed by atoms with Crippen molar-refractivity contribution in [3.63, 3.8) is 0 Å². The molecule has 2 rings (SSSR count). The van der Waals surface area contributed by atoms with Gasteiger partial charge in [0.15, 0.2) is 0 Å². The number of hydrogen-bond acceptors (Lipinski definition) is 4. The standard InChI is InChI=1S/C12H20N6/c1-4-10-11(13)12(18(3)16-10)14-6-5-9-7-15-17(2)8-9/h7-8,14H,4-6,13H2,1-3H3. The van der Waals surface area contributed by atoms with Crippen LogP contribution in [0.4, 0.5) is 11.5 Å². The van der Waals surface area contributed by atoms with Gasteiger partial charge in [0.05, 0.1) is 17.6 Å². The first-order valence-electron chi connectivity index (χ1n) is 6.14. The molecular formula is C12H20N6. The summed E-state index contributed by atoms with van der Waals surface area (Å²) in [7, 11) is 3.82. The first-order valence-corrected chi connectivity index (χ1v) is 6.14. The van der Waals surface area contributed by atoms with E-state index < -0.39 is 0 Å². The van der Waals surface area contributed by atoms with Crippen LogP contribution in [0.25, 0.3) is 0 Å². The van der Waals surface area contributed by atoms with E-state index in [0.717, 1.165) is 36.6 Å². The molecule has 2 heterocycles. The van der Waals surface area contributed by atoms with Gasteiger partial charge in [0.25, 0.3) is 0 Å². The van der Waals surface area contributed by atoms with Crippen LogP contribution >= 0.6 is 0 Å². The third-order valence-electron chi connectivity index (χ3n) is 2.96. The number of aromatic nitrogens is 4. The molecule has 0 aromatic carbocycles. The summed E-state index contributed by atoms with van der Waals surface area (Å²) in [6, 6.07) is 0. The number of nitrogens with one attached hydrogen (secondary N) is 1. The highest BCUT2D eigenvalue weighted by atomic mass is 15.3. The largest absolute Gasteiger partial charge is 0.394 e. The van der Waals surface area contributed by atoms with E-state index in [0.29, 0.717) is 0 Å². The third kappa shape index (κ3) is 2.47. The molecule has 0 aliphatic heterocycles. The van der Waals surface area contributed by atoms with E-state index in [9.17, 15) is 0 Å². The van der Waals surface area contributed by atoms with E-state index in [-0.39, 0.29) is 0 Å². The zero-order valence-corrected chi connectivity index (χ0v) is 11.1. The van der Waals surface area contributed by atoms with E-state index in [4.69, 9.17) is 5.73 Å². The lowest BCUT2D eigenvalue weighted by atomic mass is 10.2. The van der Waals surface area contributed by atoms with Gasteiger partial charge in [-0.15, -0.1) is 0 Å². The fraction of sp³-hybridized carbons (Fsp3) is 0.500. The van der Waals surface area contributed by atoms with Gasteiger partial charge in [-0.25, -0.2) is 0 Å². The summed E-state index contributed by atoms with van der Waals surface area (Å²) in [6.45, 7) is 2.87. The van der Waals surface area contributed by atoms with Crippen LogP contribution in [0.3, 0.4) is 0 Å². The van der Waals surface area contributed by atoms with Gasteiger partial charge in [0.1, 0.15) is 5.82 Å². The lowest BCUT2D eigenvalue weighted by Crippen LogP contribution is -2.09. The van der Waals surface area contributed by atoms with Gasteiger partial charge >= 0.3 is 0 Å². The van der Waals surface area contributed by atoms with Crippen LogP contribution in [0.2, 0.25) is 0 Å². The Balaban J connectivity index is 1.96. The van der Waals surface area contributed by atoms with Crippen LogP contribution in [-0.2, 0) is 26.9 Å². The molecular weight excluding hydrogens is 228 g/mol. The quantitative estimate of drug-likeness (QED) is 0.826. The Kier molecular flexibility index (Phi) is 3.55. The first kappa shape index (κ1) is 12.5. The Morgan fingerprint density at radius 3 is 2.72 bits per heavy atom. The maximum absolute atomic E-state index is 6.04. The fourth-order valence-electron chi connectivity index (χ4n) is 1.99. The van der Waals surface area contributed by atoms with Crippen molar-refractivity contribution in [1.82, 2.24) is 19.6 Å². The van der Waals surface area contributed by atoms with Crippen molar-refractivity contribution in [2.75, 3.05) is 17.6 Å². The predicted octanol–water partition coefficient (Wildman–Crippen LogP) is 0.953. The smallest absolute Gasteiger partial charge is 0.147 e. The number of rotatable bonds is 5. The first-order chi connectivity index (χ1) is 8.61. The van der Waals surface area contributed by atoms with Gasteiger partial charge in [-0.3, -0.25) is 9.36 Å². The minimum Gasteiger partial charge on any atom is -0.394 e. The van der Waals surface area contributed by atoms with Gasteiger partial charge in [-0.05, 0) is 18.4 Å². The second-order valence-corrected chi connectivity index (χ2v) is 4.39. The highest BCUT2D eigenvalue weighted by molar-refractivity contribution is 5.64. The van der Waals surface area contributed by atoms with Crippen molar-refractivity contribution in [3.8, 4) is 0 Å². The SMILES string of the molecule is CCc1nn(C)c(NCCc2cnn(C)c2)c1N. The molecule has 3 N–H and O–H groups in total. The number of nitrogens with two attached hydrogens (primary N) is 1. The van der Waals surface area contributed by atoms with E-state index in [1.807, 2.05) is 31.2 Å². The van der Waals surface area contributed by atoms with Crippen LogP contribution in [0.5, 0.6) is 0 Å². The molecule has 18 heavy (non-hydrogen) atoms. The third-order valence-corrected chi connectivity index (χ3v) is 2.96. The van der Waals surface area contributed by atoms with Gasteiger partial charge in [-0.1, -0.05) is 6.92 Å². The molecule has 6 nitrogen and oxygen atoms in total. The van der Waals surface area contributed by atoms with Gasteiger partial charge in [0, 0.05) is 26.8 Å². The molecule has 0 spiro atoms. The molecule has 0 fully saturated rings. The summed E-state index contributed by atoms with van der Waals surface area (Å²) < 4.78 is 3.61. The van der Waals surface area contributed by atoms with Crippen LogP contribution in [0.1, 0.15) is 18.2 Å². The van der Waals surface area contributed by atoms with Crippen molar-refractivity contribution in [2.24, 2.45) is 14.1 Å². The Bertz CT molecular complexity index is 525. The molecule has 0 amide bonds. The van der Waals surface area contributed by atoms with E-state index in [1.165, 1.54) is 5.56 Å². The average Bonchev–Trinajstić information content (AvgIpc) is 2.86. The number of anilines is 2. The molecule has 2 aromatic heterocycles. The summed E-state index contributed by atoms with van der Waals surface area (Å²) in [5, 5.41) is 11.8. The highest BCUT2D eigenvalue weighted by Gasteiger charge is 2.10. The number of hydrogen-bond donors (Lipinski definition) is 2. The molecule has 2 aromatic rings. The number of nitrogens with zero attached hydrogens (tertiary/aromatic N) is 4. The highest BCUT2D eigenvalue weighted by Crippen LogP contribution is 2.21. The van der Waals surface area contributed by atoms with Gasteiger partial charge in [0.2, 0.25) is 0 Å². The Hall–Kier alpha value is -1.98.